The Bertz CT molecular complexity index is 209. The zero-order chi connectivity index (χ0) is 12.6. The summed E-state index contributed by atoms with van der Waals surface area (Å²) < 4.78 is 0. The van der Waals surface area contributed by atoms with Crippen molar-refractivity contribution in [3.05, 3.63) is 0 Å². The number of rotatable bonds is 9. The summed E-state index contributed by atoms with van der Waals surface area (Å²) in [6, 6.07) is 0.276. The molecule has 0 saturated heterocycles. The Hall–Kier alpha value is -0.220. The molecule has 3 N–H and O–H groups in total. The van der Waals surface area contributed by atoms with E-state index in [1.807, 2.05) is 32.5 Å². The number of hydrogen-bond donors (Lipinski definition) is 2. The first kappa shape index (κ1) is 15.8. The highest BCUT2D eigenvalue weighted by Crippen LogP contribution is 2.16. The van der Waals surface area contributed by atoms with Crippen LogP contribution in [0.3, 0.4) is 0 Å². The molecule has 0 heterocycles. The van der Waals surface area contributed by atoms with E-state index in [2.05, 4.69) is 12.2 Å². The van der Waals surface area contributed by atoms with Crippen LogP contribution in [0.15, 0.2) is 0 Å². The van der Waals surface area contributed by atoms with Crippen molar-refractivity contribution in [2.24, 2.45) is 5.73 Å². The summed E-state index contributed by atoms with van der Waals surface area (Å²) in [4.78, 5) is 11.4. The number of unbranched alkanes of at least 4 members (excludes halogenated alkanes) is 1. The van der Waals surface area contributed by atoms with Crippen LogP contribution >= 0.6 is 11.8 Å². The van der Waals surface area contributed by atoms with Crippen molar-refractivity contribution in [1.82, 2.24) is 5.32 Å². The summed E-state index contributed by atoms with van der Waals surface area (Å²) in [5.74, 6) is 1.91. The SMILES string of the molecule is CCCCSCCC(C)(NC(C)C)C(N)=O. The van der Waals surface area contributed by atoms with Gasteiger partial charge in [0.05, 0.1) is 5.54 Å². The molecule has 16 heavy (non-hydrogen) atoms. The second kappa shape index (κ2) is 7.96. The summed E-state index contributed by atoms with van der Waals surface area (Å²) in [5.41, 5.74) is 4.89. The van der Waals surface area contributed by atoms with Gasteiger partial charge in [-0.3, -0.25) is 4.79 Å². The monoisotopic (exact) mass is 246 g/mol. The molecule has 3 nitrogen and oxygen atoms in total. The quantitative estimate of drug-likeness (QED) is 0.613. The molecule has 0 rings (SSSR count). The number of carbonyl (C=O) groups is 1. The van der Waals surface area contributed by atoms with Gasteiger partial charge >= 0.3 is 0 Å². The van der Waals surface area contributed by atoms with E-state index >= 15 is 0 Å². The number of nitrogens with one attached hydrogen (secondary N) is 1. The molecule has 1 atom stereocenters. The maximum Gasteiger partial charge on any atom is 0.237 e. The summed E-state index contributed by atoms with van der Waals surface area (Å²) >= 11 is 1.90. The average Bonchev–Trinajstić information content (AvgIpc) is 2.16. The number of primary amides is 1. The fourth-order valence-corrected chi connectivity index (χ4v) is 2.78. The van der Waals surface area contributed by atoms with Gasteiger partial charge in [0.2, 0.25) is 5.91 Å². The second-order valence-electron chi connectivity index (χ2n) is 4.71. The van der Waals surface area contributed by atoms with Crippen molar-refractivity contribution in [1.29, 1.82) is 0 Å². The van der Waals surface area contributed by atoms with Gasteiger partial charge in [0.25, 0.3) is 0 Å². The molecule has 0 radical (unpaired) electrons. The zero-order valence-corrected chi connectivity index (χ0v) is 11.8. The van der Waals surface area contributed by atoms with Crippen molar-refractivity contribution >= 4 is 17.7 Å². The van der Waals surface area contributed by atoms with Crippen molar-refractivity contribution < 1.29 is 4.79 Å². The van der Waals surface area contributed by atoms with Gasteiger partial charge in [0, 0.05) is 6.04 Å². The average molecular weight is 246 g/mol. The minimum Gasteiger partial charge on any atom is -0.368 e. The third-order valence-electron chi connectivity index (χ3n) is 2.54. The van der Waals surface area contributed by atoms with Crippen LogP contribution < -0.4 is 11.1 Å². The molecule has 4 heteroatoms. The number of nitrogens with two attached hydrogens (primary N) is 1. The van der Waals surface area contributed by atoms with Gasteiger partial charge < -0.3 is 11.1 Å². The standard InChI is InChI=1S/C12H26N2OS/c1-5-6-8-16-9-7-12(4,11(13)15)14-10(2)3/h10,14H,5-9H2,1-4H3,(H2,13,15). The number of amides is 1. The van der Waals surface area contributed by atoms with Gasteiger partial charge in [-0.15, -0.1) is 0 Å². The summed E-state index contributed by atoms with van der Waals surface area (Å²) in [6.07, 6.45) is 3.27. The van der Waals surface area contributed by atoms with Gasteiger partial charge in [0.1, 0.15) is 0 Å². The molecule has 0 bridgehead atoms. The largest absolute Gasteiger partial charge is 0.368 e. The van der Waals surface area contributed by atoms with Gasteiger partial charge in [-0.25, -0.2) is 0 Å². The molecule has 1 unspecified atom stereocenters. The van der Waals surface area contributed by atoms with Crippen LogP contribution in [-0.4, -0.2) is 29.0 Å². The van der Waals surface area contributed by atoms with Crippen LogP contribution in [0.5, 0.6) is 0 Å². The summed E-state index contributed by atoms with van der Waals surface area (Å²) in [6.45, 7) is 8.15. The molecule has 96 valence electrons. The Balaban J connectivity index is 3.98. The molecule has 0 aliphatic rings. The number of hydrogen-bond acceptors (Lipinski definition) is 3. The Morgan fingerprint density at radius 2 is 2.06 bits per heavy atom. The Kier molecular flexibility index (Phi) is 7.85. The van der Waals surface area contributed by atoms with Crippen molar-refractivity contribution in [3.8, 4) is 0 Å². The minimum atomic E-state index is -0.562. The van der Waals surface area contributed by atoms with Crippen LogP contribution in [0.25, 0.3) is 0 Å². The van der Waals surface area contributed by atoms with Crippen molar-refractivity contribution in [2.45, 2.75) is 58.5 Å². The van der Waals surface area contributed by atoms with Gasteiger partial charge in [-0.1, -0.05) is 13.3 Å². The smallest absolute Gasteiger partial charge is 0.237 e. The third-order valence-corrected chi connectivity index (χ3v) is 3.61. The fourth-order valence-electron chi connectivity index (χ4n) is 1.53. The molecular weight excluding hydrogens is 220 g/mol. The van der Waals surface area contributed by atoms with Gasteiger partial charge in [0.15, 0.2) is 0 Å². The van der Waals surface area contributed by atoms with E-state index in [4.69, 9.17) is 5.73 Å². The summed E-state index contributed by atoms with van der Waals surface area (Å²) in [7, 11) is 0. The predicted molar refractivity (Wildman–Crippen MR) is 72.7 cm³/mol. The normalized spacial score (nSPS) is 15.1. The van der Waals surface area contributed by atoms with Crippen LogP contribution in [0, 0.1) is 0 Å². The van der Waals surface area contributed by atoms with Crippen molar-refractivity contribution in [2.75, 3.05) is 11.5 Å². The molecule has 0 saturated carbocycles. The first-order chi connectivity index (χ1) is 7.42. The second-order valence-corrected chi connectivity index (χ2v) is 5.94. The molecular formula is C12H26N2OS. The lowest BCUT2D eigenvalue weighted by atomic mass is 9.97. The van der Waals surface area contributed by atoms with E-state index in [0.29, 0.717) is 0 Å². The first-order valence-corrected chi connectivity index (χ1v) is 7.23. The number of carbonyl (C=O) groups excluding carboxylic acids is 1. The highest BCUT2D eigenvalue weighted by Gasteiger charge is 2.30. The maximum atomic E-state index is 11.4. The topological polar surface area (TPSA) is 55.1 Å². The summed E-state index contributed by atoms with van der Waals surface area (Å²) in [5, 5.41) is 3.26. The predicted octanol–water partition coefficient (Wildman–Crippen LogP) is 2.15. The third kappa shape index (κ3) is 6.38. The molecule has 0 aromatic carbocycles. The molecule has 0 aliphatic heterocycles. The lowest BCUT2D eigenvalue weighted by molar-refractivity contribution is -0.124. The highest BCUT2D eigenvalue weighted by molar-refractivity contribution is 7.99. The Morgan fingerprint density at radius 3 is 2.50 bits per heavy atom. The minimum absolute atomic E-state index is 0.253. The van der Waals surface area contributed by atoms with Crippen LogP contribution in [-0.2, 0) is 4.79 Å². The van der Waals surface area contributed by atoms with E-state index in [0.717, 1.165) is 12.2 Å². The first-order valence-electron chi connectivity index (χ1n) is 6.07. The van der Waals surface area contributed by atoms with E-state index in [9.17, 15) is 4.79 Å². The van der Waals surface area contributed by atoms with Gasteiger partial charge in [-0.2, -0.15) is 11.8 Å². The lowest BCUT2D eigenvalue weighted by Crippen LogP contribution is -2.55. The van der Waals surface area contributed by atoms with Crippen LogP contribution in [0.1, 0.15) is 47.0 Å². The zero-order valence-electron chi connectivity index (χ0n) is 11.0. The van der Waals surface area contributed by atoms with E-state index in [1.54, 1.807) is 0 Å². The highest BCUT2D eigenvalue weighted by atomic mass is 32.2. The Labute approximate surface area is 104 Å². The molecule has 0 fully saturated rings. The van der Waals surface area contributed by atoms with Crippen LogP contribution in [0.4, 0.5) is 0 Å². The van der Waals surface area contributed by atoms with Crippen LogP contribution in [0.2, 0.25) is 0 Å². The van der Waals surface area contributed by atoms with Crippen molar-refractivity contribution in [3.63, 3.8) is 0 Å². The molecule has 0 aromatic heterocycles. The molecule has 0 aliphatic carbocycles. The van der Waals surface area contributed by atoms with E-state index in [-0.39, 0.29) is 11.9 Å². The molecule has 1 amide bonds. The molecule has 0 spiro atoms. The maximum absolute atomic E-state index is 11.4. The molecule has 0 aromatic rings. The van der Waals surface area contributed by atoms with E-state index in [1.165, 1.54) is 18.6 Å². The Morgan fingerprint density at radius 1 is 1.44 bits per heavy atom. The van der Waals surface area contributed by atoms with E-state index < -0.39 is 5.54 Å². The number of thioether (sulfide) groups is 1. The fraction of sp³-hybridized carbons (Fsp3) is 0.917. The lowest BCUT2D eigenvalue weighted by Gasteiger charge is -2.29. The van der Waals surface area contributed by atoms with Gasteiger partial charge in [-0.05, 0) is 45.1 Å².